The fourth-order valence-corrected chi connectivity index (χ4v) is 3.00. The van der Waals surface area contributed by atoms with Gasteiger partial charge in [0.25, 0.3) is 11.8 Å². The van der Waals surface area contributed by atoms with Crippen LogP contribution in [0.4, 0.5) is 20.2 Å². The molecule has 0 saturated carbocycles. The number of aromatic nitrogens is 4. The summed E-state index contributed by atoms with van der Waals surface area (Å²) < 4.78 is 30.4. The molecule has 9 nitrogen and oxygen atoms in total. The molecule has 0 unspecified atom stereocenters. The van der Waals surface area contributed by atoms with Crippen molar-refractivity contribution in [2.75, 3.05) is 10.6 Å². The topological polar surface area (TPSA) is 114 Å². The molecule has 168 valence electrons. The van der Waals surface area contributed by atoms with Gasteiger partial charge in [0.15, 0.2) is 5.69 Å². The van der Waals surface area contributed by atoms with E-state index in [1.807, 2.05) is 0 Å². The minimum Gasteiger partial charge on any atom is -0.435 e. The second-order valence-corrected chi connectivity index (χ2v) is 6.93. The van der Waals surface area contributed by atoms with E-state index in [1.165, 1.54) is 22.9 Å². The van der Waals surface area contributed by atoms with Crippen LogP contribution in [0.25, 0.3) is 11.3 Å². The molecule has 0 spiro atoms. The monoisotopic (exact) mass is 452 g/mol. The first-order valence-corrected chi connectivity index (χ1v) is 9.70. The molecule has 0 saturated heterocycles. The number of hydrogen-bond donors (Lipinski definition) is 3. The summed E-state index contributed by atoms with van der Waals surface area (Å²) in [7, 11) is 1.71. The van der Waals surface area contributed by atoms with Gasteiger partial charge >= 0.3 is 6.61 Å². The van der Waals surface area contributed by atoms with E-state index in [-0.39, 0.29) is 23.0 Å². The number of ether oxygens (including phenoxy) is 1. The summed E-state index contributed by atoms with van der Waals surface area (Å²) in [4.78, 5) is 24.9. The molecule has 2 aromatic heterocycles. The molecule has 0 radical (unpaired) electrons. The van der Waals surface area contributed by atoms with Crippen molar-refractivity contribution in [3.05, 3.63) is 78.2 Å². The van der Waals surface area contributed by atoms with Gasteiger partial charge in [-0.2, -0.15) is 19.0 Å². The molecule has 11 heteroatoms. The number of rotatable bonds is 7. The first-order valence-electron chi connectivity index (χ1n) is 9.70. The van der Waals surface area contributed by atoms with Gasteiger partial charge in [0.1, 0.15) is 11.4 Å². The Kier molecular flexibility index (Phi) is 6.11. The minimum atomic E-state index is -2.90. The number of alkyl halides is 2. The number of carbonyl (C=O) groups excluding carboxylic acids is 2. The van der Waals surface area contributed by atoms with Gasteiger partial charge in [-0.15, -0.1) is 0 Å². The van der Waals surface area contributed by atoms with Gasteiger partial charge in [-0.3, -0.25) is 19.4 Å². The van der Waals surface area contributed by atoms with E-state index in [2.05, 4.69) is 30.7 Å². The highest BCUT2D eigenvalue weighted by Crippen LogP contribution is 2.23. The summed E-state index contributed by atoms with van der Waals surface area (Å²) in [5.74, 6) is -0.792. The second-order valence-electron chi connectivity index (χ2n) is 6.93. The zero-order chi connectivity index (χ0) is 23.4. The van der Waals surface area contributed by atoms with Crippen LogP contribution in [-0.2, 0) is 7.05 Å². The number of anilines is 2. The molecular weight excluding hydrogens is 434 g/mol. The van der Waals surface area contributed by atoms with Crippen molar-refractivity contribution in [1.29, 1.82) is 0 Å². The van der Waals surface area contributed by atoms with E-state index in [4.69, 9.17) is 0 Å². The molecule has 0 aliphatic heterocycles. The Morgan fingerprint density at radius 1 is 1.00 bits per heavy atom. The first kappa shape index (κ1) is 21.7. The maximum atomic E-state index is 12.6. The lowest BCUT2D eigenvalue weighted by Gasteiger charge is -2.07. The van der Waals surface area contributed by atoms with Crippen LogP contribution in [0, 0.1) is 0 Å². The van der Waals surface area contributed by atoms with Crippen molar-refractivity contribution in [2.45, 2.75) is 6.61 Å². The fraction of sp³-hybridized carbons (Fsp3) is 0.0909. The molecule has 0 aliphatic rings. The number of amides is 2. The maximum absolute atomic E-state index is 12.6. The van der Waals surface area contributed by atoms with Crippen molar-refractivity contribution in [3.8, 4) is 17.0 Å². The lowest BCUT2D eigenvalue weighted by Crippen LogP contribution is -2.14. The van der Waals surface area contributed by atoms with Gasteiger partial charge in [-0.05, 0) is 54.6 Å². The normalized spacial score (nSPS) is 10.8. The van der Waals surface area contributed by atoms with Crippen molar-refractivity contribution in [1.82, 2.24) is 20.0 Å². The number of benzene rings is 2. The molecule has 33 heavy (non-hydrogen) atoms. The van der Waals surface area contributed by atoms with Crippen LogP contribution in [0.15, 0.2) is 66.9 Å². The van der Waals surface area contributed by atoms with Crippen LogP contribution >= 0.6 is 0 Å². The summed E-state index contributed by atoms with van der Waals surface area (Å²) in [6.45, 7) is -2.90. The van der Waals surface area contributed by atoms with Gasteiger partial charge in [0, 0.05) is 30.2 Å². The summed E-state index contributed by atoms with van der Waals surface area (Å²) in [6.07, 6.45) is 1.66. The smallest absolute Gasteiger partial charge is 0.387 e. The first-order chi connectivity index (χ1) is 15.9. The van der Waals surface area contributed by atoms with Crippen LogP contribution in [0.2, 0.25) is 0 Å². The molecule has 2 aromatic carbocycles. The molecule has 0 atom stereocenters. The second kappa shape index (κ2) is 9.30. The molecule has 2 amide bonds. The molecule has 0 aliphatic carbocycles. The number of hydrogen-bond acceptors (Lipinski definition) is 5. The highest BCUT2D eigenvalue weighted by atomic mass is 19.3. The van der Waals surface area contributed by atoms with E-state index in [1.54, 1.807) is 55.7 Å². The number of nitrogens with zero attached hydrogens (tertiary/aromatic N) is 3. The Balaban J connectivity index is 1.41. The molecule has 2 heterocycles. The zero-order valence-corrected chi connectivity index (χ0v) is 17.3. The van der Waals surface area contributed by atoms with Gasteiger partial charge in [-0.1, -0.05) is 6.07 Å². The summed E-state index contributed by atoms with van der Waals surface area (Å²) >= 11 is 0. The summed E-state index contributed by atoms with van der Waals surface area (Å²) in [5, 5.41) is 16.2. The summed E-state index contributed by atoms with van der Waals surface area (Å²) in [5.41, 5.74) is 2.49. The highest BCUT2D eigenvalue weighted by Gasteiger charge is 2.13. The molecule has 4 rings (SSSR count). The van der Waals surface area contributed by atoms with E-state index < -0.39 is 12.5 Å². The average molecular weight is 452 g/mol. The lowest BCUT2D eigenvalue weighted by atomic mass is 10.1. The van der Waals surface area contributed by atoms with Crippen LogP contribution in [0.3, 0.4) is 0 Å². The predicted octanol–water partition coefficient (Wildman–Crippen LogP) is 3.92. The van der Waals surface area contributed by atoms with Gasteiger partial charge in [0.05, 0.1) is 5.69 Å². The summed E-state index contributed by atoms with van der Waals surface area (Å²) in [6, 6.07) is 15.7. The largest absolute Gasteiger partial charge is 0.435 e. The molecular formula is C22H18F2N6O3. The van der Waals surface area contributed by atoms with E-state index in [0.717, 1.165) is 0 Å². The average Bonchev–Trinajstić information content (AvgIpc) is 3.44. The van der Waals surface area contributed by atoms with Gasteiger partial charge in [-0.25, -0.2) is 0 Å². The predicted molar refractivity (Wildman–Crippen MR) is 116 cm³/mol. The Bertz CT molecular complexity index is 1280. The van der Waals surface area contributed by atoms with Crippen LogP contribution in [0.1, 0.15) is 21.0 Å². The van der Waals surface area contributed by atoms with Crippen molar-refractivity contribution in [2.24, 2.45) is 7.05 Å². The molecule has 3 N–H and O–H groups in total. The molecule has 0 fully saturated rings. The lowest BCUT2D eigenvalue weighted by molar-refractivity contribution is -0.0498. The number of aromatic amines is 1. The third-order valence-electron chi connectivity index (χ3n) is 4.52. The van der Waals surface area contributed by atoms with Crippen LogP contribution < -0.4 is 15.4 Å². The third-order valence-corrected chi connectivity index (χ3v) is 4.52. The van der Waals surface area contributed by atoms with Crippen molar-refractivity contribution < 1.29 is 23.1 Å². The standard InChI is InChI=1S/C22H18F2N6O3/c1-30-10-9-17(29-30)20(31)25-14-3-2-4-15(11-14)26-21(32)19-12-18(27-28-19)13-5-7-16(8-6-13)33-22(23)24/h2-12,22H,1H3,(H,25,31)(H,26,32)(H,27,28). The quantitative estimate of drug-likeness (QED) is 0.393. The molecule has 0 bridgehead atoms. The number of carbonyl (C=O) groups is 2. The van der Waals surface area contributed by atoms with E-state index in [9.17, 15) is 18.4 Å². The zero-order valence-electron chi connectivity index (χ0n) is 17.3. The Morgan fingerprint density at radius 3 is 2.33 bits per heavy atom. The van der Waals surface area contributed by atoms with Crippen LogP contribution in [-0.4, -0.2) is 38.4 Å². The Morgan fingerprint density at radius 2 is 1.70 bits per heavy atom. The molecule has 4 aromatic rings. The maximum Gasteiger partial charge on any atom is 0.387 e. The van der Waals surface area contributed by atoms with E-state index >= 15 is 0 Å². The van der Waals surface area contributed by atoms with Gasteiger partial charge < -0.3 is 15.4 Å². The SMILES string of the molecule is Cn1ccc(C(=O)Nc2cccc(NC(=O)c3cc(-c4ccc(OC(F)F)cc4)n[nH]3)c2)n1. The Labute approximate surface area is 186 Å². The Hall–Kier alpha value is -4.54. The fourth-order valence-electron chi connectivity index (χ4n) is 3.00. The van der Waals surface area contributed by atoms with Crippen molar-refractivity contribution in [3.63, 3.8) is 0 Å². The minimum absolute atomic E-state index is 0.0253. The number of H-pyrrole nitrogens is 1. The highest BCUT2D eigenvalue weighted by molar-refractivity contribution is 6.05. The van der Waals surface area contributed by atoms with Crippen molar-refractivity contribution >= 4 is 23.2 Å². The number of nitrogens with one attached hydrogen (secondary N) is 3. The van der Waals surface area contributed by atoms with Crippen LogP contribution in [0.5, 0.6) is 5.75 Å². The van der Waals surface area contributed by atoms with Gasteiger partial charge in [0.2, 0.25) is 0 Å². The third kappa shape index (κ3) is 5.39. The number of aryl methyl sites for hydroxylation is 1. The number of halogens is 2. The van der Waals surface area contributed by atoms with E-state index in [0.29, 0.717) is 22.6 Å².